The van der Waals surface area contributed by atoms with E-state index < -0.39 is 0 Å². The molecule has 0 unspecified atom stereocenters. The molecule has 3 aromatic heterocycles. The normalized spacial score (nSPS) is 14.5. The number of fused-ring (bicyclic) bond motifs is 3. The van der Waals surface area contributed by atoms with Gasteiger partial charge in [0.05, 0.1) is 24.3 Å². The number of phenols is 1. The van der Waals surface area contributed by atoms with Gasteiger partial charge in [-0.05, 0) is 49.1 Å². The third-order valence-corrected chi connectivity index (χ3v) is 5.58. The van der Waals surface area contributed by atoms with E-state index in [4.69, 9.17) is 15.5 Å². The van der Waals surface area contributed by atoms with Crippen molar-refractivity contribution in [3.05, 3.63) is 53.5 Å². The summed E-state index contributed by atoms with van der Waals surface area (Å²) in [7, 11) is 0. The van der Waals surface area contributed by atoms with E-state index in [1.165, 1.54) is 11.9 Å². The van der Waals surface area contributed by atoms with Crippen LogP contribution < -0.4 is 5.73 Å². The van der Waals surface area contributed by atoms with Gasteiger partial charge in [-0.2, -0.15) is 0 Å². The Hall–Kier alpha value is -3.45. The highest BCUT2D eigenvalue weighted by molar-refractivity contribution is 6.11. The van der Waals surface area contributed by atoms with E-state index in [9.17, 15) is 5.11 Å². The molecule has 0 radical (unpaired) electrons. The van der Waals surface area contributed by atoms with Crippen molar-refractivity contribution in [1.82, 2.24) is 19.5 Å². The number of aryl methyl sites for hydroxylation is 1. The number of pyridine rings is 1. The van der Waals surface area contributed by atoms with Gasteiger partial charge in [-0.1, -0.05) is 12.1 Å². The molecule has 0 saturated heterocycles. The zero-order valence-corrected chi connectivity index (χ0v) is 16.3. The first-order chi connectivity index (χ1) is 14.1. The van der Waals surface area contributed by atoms with Crippen LogP contribution in [0.1, 0.15) is 23.1 Å². The third-order valence-electron chi connectivity index (χ3n) is 5.58. The molecule has 0 spiro atoms. The van der Waals surface area contributed by atoms with Crippen LogP contribution in [0.3, 0.4) is 0 Å². The average Bonchev–Trinajstić information content (AvgIpc) is 3.07. The second-order valence-electron chi connectivity index (χ2n) is 7.32. The van der Waals surface area contributed by atoms with Gasteiger partial charge in [-0.3, -0.25) is 4.57 Å². The molecule has 1 aromatic carbocycles. The summed E-state index contributed by atoms with van der Waals surface area (Å²) in [5.41, 5.74) is 12.6. The van der Waals surface area contributed by atoms with E-state index in [0.717, 1.165) is 45.2 Å². The number of anilines is 1. The van der Waals surface area contributed by atoms with Crippen molar-refractivity contribution in [3.63, 3.8) is 0 Å². The summed E-state index contributed by atoms with van der Waals surface area (Å²) < 4.78 is 7.40. The lowest BCUT2D eigenvalue weighted by atomic mass is 10.0. The van der Waals surface area contributed by atoms with Crippen molar-refractivity contribution in [2.45, 2.75) is 20.3 Å². The van der Waals surface area contributed by atoms with E-state index in [1.807, 2.05) is 30.7 Å². The highest BCUT2D eigenvalue weighted by atomic mass is 16.5. The minimum absolute atomic E-state index is 0.228. The molecule has 7 heteroatoms. The van der Waals surface area contributed by atoms with E-state index in [1.54, 1.807) is 6.07 Å². The standard InChI is InChI=1S/C22H21N5O2/c1-12-3-4-17(28)13(2)19(12)27-21-16(18-20(23)25-11-26-22(18)27)9-15(10-24-21)14-5-7-29-8-6-14/h3-5,9-11,28H,6-8H2,1-2H3,(H2,23,25,26). The molecule has 146 valence electrons. The third kappa shape index (κ3) is 2.66. The van der Waals surface area contributed by atoms with Gasteiger partial charge in [0.25, 0.3) is 0 Å². The van der Waals surface area contributed by atoms with Crippen molar-refractivity contribution >= 4 is 33.5 Å². The molecular weight excluding hydrogens is 366 g/mol. The Labute approximate surface area is 167 Å². The van der Waals surface area contributed by atoms with E-state index in [2.05, 4.69) is 22.1 Å². The minimum Gasteiger partial charge on any atom is -0.508 e. The SMILES string of the molecule is Cc1ccc(O)c(C)c1-n1c2ncc(C3=CCOCC3)cc2c2c(N)ncnc21. The summed E-state index contributed by atoms with van der Waals surface area (Å²) in [5.74, 6) is 0.640. The van der Waals surface area contributed by atoms with Crippen LogP contribution in [0.15, 0.2) is 36.8 Å². The highest BCUT2D eigenvalue weighted by Crippen LogP contribution is 2.37. The van der Waals surface area contributed by atoms with Crippen LogP contribution in [0.4, 0.5) is 5.82 Å². The van der Waals surface area contributed by atoms with Gasteiger partial charge in [-0.15, -0.1) is 0 Å². The van der Waals surface area contributed by atoms with Crippen molar-refractivity contribution in [1.29, 1.82) is 0 Å². The Morgan fingerprint density at radius 3 is 2.79 bits per heavy atom. The lowest BCUT2D eigenvalue weighted by Crippen LogP contribution is -2.04. The number of nitrogens with two attached hydrogens (primary N) is 1. The van der Waals surface area contributed by atoms with Crippen molar-refractivity contribution in [3.8, 4) is 11.4 Å². The number of rotatable bonds is 2. The average molecular weight is 387 g/mol. The van der Waals surface area contributed by atoms with Gasteiger partial charge in [-0.25, -0.2) is 15.0 Å². The van der Waals surface area contributed by atoms with Gasteiger partial charge < -0.3 is 15.6 Å². The van der Waals surface area contributed by atoms with Gasteiger partial charge >= 0.3 is 0 Å². The lowest BCUT2D eigenvalue weighted by Gasteiger charge is -2.15. The maximum Gasteiger partial charge on any atom is 0.152 e. The summed E-state index contributed by atoms with van der Waals surface area (Å²) in [6.45, 7) is 5.22. The highest BCUT2D eigenvalue weighted by Gasteiger charge is 2.21. The summed E-state index contributed by atoms with van der Waals surface area (Å²) in [6, 6.07) is 5.70. The smallest absolute Gasteiger partial charge is 0.152 e. The molecule has 1 aliphatic rings. The number of nitrogen functional groups attached to an aromatic ring is 1. The topological polar surface area (TPSA) is 99.1 Å². The fourth-order valence-electron chi connectivity index (χ4n) is 4.08. The van der Waals surface area contributed by atoms with Gasteiger partial charge in [0.1, 0.15) is 23.5 Å². The van der Waals surface area contributed by atoms with Crippen molar-refractivity contribution in [2.24, 2.45) is 0 Å². The Balaban J connectivity index is 1.89. The number of hydrogen-bond donors (Lipinski definition) is 2. The molecule has 5 rings (SSSR count). The molecule has 0 saturated carbocycles. The monoisotopic (exact) mass is 387 g/mol. The molecular formula is C22H21N5O2. The van der Waals surface area contributed by atoms with Gasteiger partial charge in [0.2, 0.25) is 0 Å². The van der Waals surface area contributed by atoms with Crippen LogP contribution in [0, 0.1) is 13.8 Å². The Bertz CT molecular complexity index is 1310. The fraction of sp³-hybridized carbons (Fsp3) is 0.227. The van der Waals surface area contributed by atoms with Crippen LogP contribution >= 0.6 is 0 Å². The number of hydrogen-bond acceptors (Lipinski definition) is 6. The second kappa shape index (κ2) is 6.56. The first-order valence-corrected chi connectivity index (χ1v) is 9.53. The Kier molecular flexibility index (Phi) is 3.99. The molecule has 29 heavy (non-hydrogen) atoms. The molecule has 0 atom stereocenters. The number of ether oxygens (including phenoxy) is 1. The predicted octanol–water partition coefficient (Wildman–Crippen LogP) is 3.68. The molecule has 4 heterocycles. The Morgan fingerprint density at radius 1 is 1.14 bits per heavy atom. The van der Waals surface area contributed by atoms with E-state index in [-0.39, 0.29) is 5.75 Å². The van der Waals surface area contributed by atoms with Crippen LogP contribution in [0.5, 0.6) is 5.75 Å². The predicted molar refractivity (Wildman–Crippen MR) is 113 cm³/mol. The summed E-state index contributed by atoms with van der Waals surface area (Å²) in [4.78, 5) is 13.5. The minimum atomic E-state index is 0.228. The quantitative estimate of drug-likeness (QED) is 0.544. The van der Waals surface area contributed by atoms with Crippen LogP contribution in [-0.4, -0.2) is 37.8 Å². The van der Waals surface area contributed by atoms with Gasteiger partial charge in [0, 0.05) is 17.1 Å². The molecule has 3 N–H and O–H groups in total. The van der Waals surface area contributed by atoms with Crippen LogP contribution in [0.2, 0.25) is 0 Å². The summed E-state index contributed by atoms with van der Waals surface area (Å²) in [5, 5.41) is 12.0. The molecule has 0 bridgehead atoms. The summed E-state index contributed by atoms with van der Waals surface area (Å²) in [6.07, 6.45) is 6.28. The number of nitrogens with zero attached hydrogens (tertiary/aromatic N) is 4. The molecule has 7 nitrogen and oxygen atoms in total. The first-order valence-electron chi connectivity index (χ1n) is 9.53. The molecule has 0 aliphatic carbocycles. The van der Waals surface area contributed by atoms with Crippen molar-refractivity contribution < 1.29 is 9.84 Å². The van der Waals surface area contributed by atoms with Crippen LogP contribution in [-0.2, 0) is 4.74 Å². The fourth-order valence-corrected chi connectivity index (χ4v) is 4.08. The number of aromatic hydroxyl groups is 1. The molecule has 1 aliphatic heterocycles. The van der Waals surface area contributed by atoms with E-state index >= 15 is 0 Å². The van der Waals surface area contributed by atoms with Gasteiger partial charge in [0.15, 0.2) is 5.65 Å². The number of phenolic OH excluding ortho intramolecular Hbond substituents is 1. The van der Waals surface area contributed by atoms with E-state index in [0.29, 0.717) is 24.7 Å². The molecule has 0 fully saturated rings. The number of benzene rings is 1. The molecule has 0 amide bonds. The maximum atomic E-state index is 10.3. The zero-order chi connectivity index (χ0) is 20.1. The second-order valence-corrected chi connectivity index (χ2v) is 7.32. The largest absolute Gasteiger partial charge is 0.508 e. The number of aromatic nitrogens is 4. The maximum absolute atomic E-state index is 10.3. The Morgan fingerprint density at radius 2 is 2.00 bits per heavy atom. The van der Waals surface area contributed by atoms with Crippen LogP contribution in [0.25, 0.3) is 33.3 Å². The van der Waals surface area contributed by atoms with Crippen molar-refractivity contribution in [2.75, 3.05) is 18.9 Å². The lowest BCUT2D eigenvalue weighted by molar-refractivity contribution is 0.161. The first kappa shape index (κ1) is 17.6. The molecule has 4 aromatic rings. The summed E-state index contributed by atoms with van der Waals surface area (Å²) >= 11 is 0. The zero-order valence-electron chi connectivity index (χ0n) is 16.3.